The summed E-state index contributed by atoms with van der Waals surface area (Å²) in [7, 11) is -5.24. The summed E-state index contributed by atoms with van der Waals surface area (Å²) in [6.07, 6.45) is -27.3. The third kappa shape index (κ3) is 14.3. The first kappa shape index (κ1) is 53.7. The highest BCUT2D eigenvalue weighted by Gasteiger charge is 2.56. The SMILES string of the molecule is CCCCCCCCO[C@H]1O[C@H](CO)[C@H](O)[C@H](O[C@@H]2O[C@H](CO)[C@H](O)[C@H](O[C@@H]3O[C@H](COS(=O)(=O)O)[C@@H](O[C@@H]4O[C@H](CO)[C@H](O)[C@H](O)[C@H]4O)[C@H](O)[C@H]3NC(C)=O)[C@H]2O)[C@H]1NC(C)=O. The minimum absolute atomic E-state index is 0.151. The van der Waals surface area contributed by atoms with Crippen LogP contribution in [-0.2, 0) is 62.1 Å². The van der Waals surface area contributed by atoms with Crippen molar-refractivity contribution in [1.29, 1.82) is 0 Å². The van der Waals surface area contributed by atoms with Crippen molar-refractivity contribution in [3.63, 3.8) is 0 Å². The van der Waals surface area contributed by atoms with Crippen LogP contribution in [0.4, 0.5) is 0 Å². The summed E-state index contributed by atoms with van der Waals surface area (Å²) in [5.74, 6) is -1.46. The highest BCUT2D eigenvalue weighted by atomic mass is 32.3. The highest BCUT2D eigenvalue weighted by Crippen LogP contribution is 2.35. The highest BCUT2D eigenvalue weighted by molar-refractivity contribution is 7.80. The second-order valence-corrected chi connectivity index (χ2v) is 16.9. The molecule has 63 heavy (non-hydrogen) atoms. The lowest BCUT2D eigenvalue weighted by atomic mass is 9.94. The van der Waals surface area contributed by atoms with Gasteiger partial charge in [-0.15, -0.1) is 0 Å². The van der Waals surface area contributed by atoms with Gasteiger partial charge in [0.2, 0.25) is 11.8 Å². The topological polar surface area (TPSA) is 398 Å². The van der Waals surface area contributed by atoms with Gasteiger partial charge in [0.05, 0.1) is 26.4 Å². The van der Waals surface area contributed by atoms with Gasteiger partial charge in [0.15, 0.2) is 25.2 Å². The Morgan fingerprint density at radius 2 is 1.02 bits per heavy atom. The monoisotopic (exact) mass is 940 g/mol. The maximum Gasteiger partial charge on any atom is 0.397 e. The van der Waals surface area contributed by atoms with E-state index in [-0.39, 0.29) is 6.61 Å². The number of ether oxygens (including phenoxy) is 8. The van der Waals surface area contributed by atoms with E-state index in [1.54, 1.807) is 0 Å². The third-order valence-electron chi connectivity index (χ3n) is 11.0. The van der Waals surface area contributed by atoms with E-state index in [4.69, 9.17) is 37.9 Å². The molecular weight excluding hydrogens is 876 g/mol. The molecule has 0 bridgehead atoms. The largest absolute Gasteiger partial charge is 0.397 e. The maximum absolute atomic E-state index is 12.5. The third-order valence-corrected chi connectivity index (χ3v) is 11.4. The molecule has 368 valence electrons. The van der Waals surface area contributed by atoms with Gasteiger partial charge in [-0.3, -0.25) is 14.1 Å². The number of carbonyl (C=O) groups excluding carboxylic acids is 2. The first-order valence-corrected chi connectivity index (χ1v) is 22.1. The fourth-order valence-corrected chi connectivity index (χ4v) is 8.00. The minimum Gasteiger partial charge on any atom is -0.394 e. The van der Waals surface area contributed by atoms with Crippen LogP contribution >= 0.6 is 0 Å². The minimum atomic E-state index is -5.24. The zero-order valence-electron chi connectivity index (χ0n) is 35.0. The fraction of sp³-hybridized carbons (Fsp3) is 0.944. The molecule has 0 aliphatic carbocycles. The summed E-state index contributed by atoms with van der Waals surface area (Å²) >= 11 is 0. The average molecular weight is 941 g/mol. The van der Waals surface area contributed by atoms with E-state index < -0.39 is 171 Å². The normalized spacial score (nSPS) is 41.2. The summed E-state index contributed by atoms with van der Waals surface area (Å²) in [6, 6.07) is -3.09. The molecule has 27 heteroatoms. The predicted octanol–water partition coefficient (Wildman–Crippen LogP) is -6.25. The average Bonchev–Trinajstić information content (AvgIpc) is 3.22. The van der Waals surface area contributed by atoms with Crippen LogP contribution in [-0.4, -0.2) is 232 Å². The summed E-state index contributed by atoms with van der Waals surface area (Å²) in [4.78, 5) is 24.9. The molecule has 0 aromatic carbocycles. The molecule has 4 saturated heterocycles. The summed E-state index contributed by atoms with van der Waals surface area (Å²) < 4.78 is 83.5. The molecule has 4 fully saturated rings. The van der Waals surface area contributed by atoms with Crippen LogP contribution in [0.2, 0.25) is 0 Å². The van der Waals surface area contributed by atoms with E-state index in [0.717, 1.165) is 46.0 Å². The maximum atomic E-state index is 12.5. The Morgan fingerprint density at radius 3 is 1.59 bits per heavy atom. The lowest BCUT2D eigenvalue weighted by molar-refractivity contribution is -0.376. The summed E-state index contributed by atoms with van der Waals surface area (Å²) in [5, 5.41) is 112. The number of hydrogen-bond acceptors (Lipinski definition) is 23. The standard InChI is InChI=1S/C36H64N2O24S/c1-4-5-6-7-8-9-10-54-33-22(38-16(3)43)31(24(45)18(12-40)56-33)61-36-29(50)32(25(46)19(13-41)58-36)62-34-21(37-15(2)42)26(47)30(20(59-34)14-55-63(51,52)53)60-35-28(49)27(48)23(44)17(11-39)57-35/h17-36,39-41,44-50H,4-14H2,1-3H3,(H,37,42)(H,38,43)(H,51,52,53)/t17-,18-,19-,20-,21-,22-,23+,24+,25+,26-,27+,28-,29-,30-,31-,32+,33+,34+,35+,36+/m1/s1. The van der Waals surface area contributed by atoms with Crippen molar-refractivity contribution in [2.45, 2.75) is 182 Å². The van der Waals surface area contributed by atoms with Crippen LogP contribution in [0.1, 0.15) is 59.3 Å². The Morgan fingerprint density at radius 1 is 0.540 bits per heavy atom. The van der Waals surface area contributed by atoms with Crippen LogP contribution in [0.25, 0.3) is 0 Å². The lowest BCUT2D eigenvalue weighted by Gasteiger charge is -2.50. The Labute approximate surface area is 363 Å². The van der Waals surface area contributed by atoms with Gasteiger partial charge in [-0.05, 0) is 6.42 Å². The zero-order chi connectivity index (χ0) is 46.8. The number of hydrogen-bond donors (Lipinski definition) is 13. The zero-order valence-corrected chi connectivity index (χ0v) is 35.8. The van der Waals surface area contributed by atoms with Crippen LogP contribution in [0.3, 0.4) is 0 Å². The van der Waals surface area contributed by atoms with E-state index in [2.05, 4.69) is 21.7 Å². The van der Waals surface area contributed by atoms with Gasteiger partial charge >= 0.3 is 10.4 Å². The Balaban J connectivity index is 1.62. The van der Waals surface area contributed by atoms with Crippen molar-refractivity contribution in [3.05, 3.63) is 0 Å². The first-order chi connectivity index (χ1) is 29.8. The van der Waals surface area contributed by atoms with Crippen LogP contribution in [0, 0.1) is 0 Å². The number of aliphatic hydroxyl groups is 10. The van der Waals surface area contributed by atoms with Gasteiger partial charge in [0.25, 0.3) is 0 Å². The Kier molecular flexibility index (Phi) is 21.1. The number of nitrogens with one attached hydrogen (secondary N) is 2. The van der Waals surface area contributed by atoms with Crippen molar-refractivity contribution in [2.75, 3.05) is 33.0 Å². The molecule has 0 aromatic rings. The van der Waals surface area contributed by atoms with Crippen LogP contribution in [0.15, 0.2) is 0 Å². The van der Waals surface area contributed by atoms with Gasteiger partial charge in [0.1, 0.15) is 97.5 Å². The molecule has 4 rings (SSSR count). The quantitative estimate of drug-likeness (QED) is 0.0355. The van der Waals surface area contributed by atoms with Gasteiger partial charge in [0, 0.05) is 20.5 Å². The second-order valence-electron chi connectivity index (χ2n) is 15.8. The molecule has 4 aliphatic rings. The predicted molar refractivity (Wildman–Crippen MR) is 205 cm³/mol. The molecule has 0 unspecified atom stereocenters. The van der Waals surface area contributed by atoms with Crippen molar-refractivity contribution >= 4 is 22.2 Å². The van der Waals surface area contributed by atoms with E-state index in [0.29, 0.717) is 6.42 Å². The van der Waals surface area contributed by atoms with E-state index in [1.165, 1.54) is 0 Å². The van der Waals surface area contributed by atoms with Gasteiger partial charge in [-0.2, -0.15) is 8.42 Å². The molecule has 26 nitrogen and oxygen atoms in total. The first-order valence-electron chi connectivity index (χ1n) is 20.7. The molecule has 0 saturated carbocycles. The van der Waals surface area contributed by atoms with E-state index in [9.17, 15) is 73.6 Å². The van der Waals surface area contributed by atoms with Gasteiger partial charge in [-0.1, -0.05) is 39.0 Å². The number of carbonyl (C=O) groups is 2. The molecule has 0 radical (unpaired) electrons. The fourth-order valence-electron chi connectivity index (χ4n) is 7.69. The number of aliphatic hydroxyl groups excluding tert-OH is 10. The van der Waals surface area contributed by atoms with E-state index in [1.807, 2.05) is 0 Å². The van der Waals surface area contributed by atoms with Crippen molar-refractivity contribution in [1.82, 2.24) is 10.6 Å². The Hall–Kier alpha value is -1.91. The van der Waals surface area contributed by atoms with Gasteiger partial charge < -0.3 is 99.6 Å². The van der Waals surface area contributed by atoms with Gasteiger partial charge in [-0.25, -0.2) is 4.18 Å². The molecule has 0 aromatic heterocycles. The molecule has 13 N–H and O–H groups in total. The van der Waals surface area contributed by atoms with Crippen molar-refractivity contribution in [3.8, 4) is 0 Å². The second kappa shape index (κ2) is 24.7. The number of unbranched alkanes of at least 4 members (excludes halogenated alkanes) is 5. The van der Waals surface area contributed by atoms with Crippen molar-refractivity contribution in [2.24, 2.45) is 0 Å². The van der Waals surface area contributed by atoms with Crippen LogP contribution in [0.5, 0.6) is 0 Å². The number of amides is 2. The number of rotatable bonds is 22. The molecule has 4 heterocycles. The lowest BCUT2D eigenvalue weighted by Crippen LogP contribution is -2.70. The molecule has 2 amide bonds. The molecular formula is C36H64N2O24S. The molecule has 20 atom stereocenters. The summed E-state index contributed by atoms with van der Waals surface area (Å²) in [5.41, 5.74) is 0. The smallest absolute Gasteiger partial charge is 0.394 e. The van der Waals surface area contributed by atoms with E-state index >= 15 is 0 Å². The van der Waals surface area contributed by atoms with Crippen LogP contribution < -0.4 is 10.6 Å². The molecule has 0 spiro atoms. The Bertz CT molecular complexity index is 1520. The van der Waals surface area contributed by atoms with Crippen molar-refractivity contribution < 1.29 is 116 Å². The summed E-state index contributed by atoms with van der Waals surface area (Å²) in [6.45, 7) is 0.626. The molecule has 4 aliphatic heterocycles.